The molecule has 128 valence electrons. The quantitative estimate of drug-likeness (QED) is 0.746. The Kier molecular flexibility index (Phi) is 3.31. The molecule has 25 heavy (non-hydrogen) atoms. The molecule has 1 aliphatic heterocycles. The van der Waals surface area contributed by atoms with E-state index in [1.807, 2.05) is 18.2 Å². The van der Waals surface area contributed by atoms with E-state index in [1.54, 1.807) is 16.7 Å². The highest BCUT2D eigenvalue weighted by molar-refractivity contribution is 5.94. The van der Waals surface area contributed by atoms with Crippen molar-refractivity contribution in [3.8, 4) is 5.75 Å². The van der Waals surface area contributed by atoms with Crippen molar-refractivity contribution in [3.05, 3.63) is 54.1 Å². The first-order valence-electron chi connectivity index (χ1n) is 7.34. The summed E-state index contributed by atoms with van der Waals surface area (Å²) in [5, 5.41) is 2.83. The first kappa shape index (κ1) is 15.3. The predicted octanol–water partition coefficient (Wildman–Crippen LogP) is 3.22. The monoisotopic (exact) mass is 347 g/mol. The lowest BCUT2D eigenvalue weighted by Crippen LogP contribution is -2.32. The van der Waals surface area contributed by atoms with Gasteiger partial charge in [0, 0.05) is 5.56 Å². The van der Waals surface area contributed by atoms with Crippen molar-refractivity contribution < 1.29 is 17.9 Å². The maximum Gasteiger partial charge on any atom is 0.573 e. The largest absolute Gasteiger partial charge is 0.573 e. The molecule has 0 saturated heterocycles. The molecule has 0 amide bonds. The number of nitrogens with zero attached hydrogens (tertiary/aromatic N) is 3. The second kappa shape index (κ2) is 5.40. The Bertz CT molecular complexity index is 979. The highest BCUT2D eigenvalue weighted by Gasteiger charge is 2.34. The maximum atomic E-state index is 12.7. The molecule has 2 heterocycles. The lowest BCUT2D eigenvalue weighted by atomic mass is 10.1. The molecule has 0 aliphatic carbocycles. The van der Waals surface area contributed by atoms with Gasteiger partial charge >= 0.3 is 6.36 Å². The van der Waals surface area contributed by atoms with Crippen LogP contribution in [0.4, 0.5) is 19.1 Å². The van der Waals surface area contributed by atoms with Gasteiger partial charge in [-0.2, -0.15) is 0 Å². The SMILES string of the molecule is NC1=N[C@H](c2ccccc2OC(F)(F)F)n2c(nc3ccccc32)N1. The molecule has 4 rings (SSSR count). The molecule has 9 heteroatoms. The lowest BCUT2D eigenvalue weighted by Gasteiger charge is -2.25. The van der Waals surface area contributed by atoms with Gasteiger partial charge in [-0.15, -0.1) is 13.2 Å². The van der Waals surface area contributed by atoms with Crippen LogP contribution < -0.4 is 15.8 Å². The summed E-state index contributed by atoms with van der Waals surface area (Å²) in [7, 11) is 0. The molecule has 3 aromatic rings. The number of rotatable bonds is 2. The minimum atomic E-state index is -4.81. The number of hydrogen-bond donors (Lipinski definition) is 2. The molecular weight excluding hydrogens is 335 g/mol. The number of nitrogens with two attached hydrogens (primary N) is 1. The van der Waals surface area contributed by atoms with Gasteiger partial charge in [0.15, 0.2) is 12.1 Å². The summed E-state index contributed by atoms with van der Waals surface area (Å²) in [5.41, 5.74) is 7.42. The molecule has 3 N–H and O–H groups in total. The number of alkyl halides is 3. The van der Waals surface area contributed by atoms with E-state index in [0.717, 1.165) is 0 Å². The van der Waals surface area contributed by atoms with Crippen molar-refractivity contribution in [2.24, 2.45) is 10.7 Å². The van der Waals surface area contributed by atoms with E-state index < -0.39 is 12.5 Å². The Labute approximate surface area is 139 Å². The van der Waals surface area contributed by atoms with Crippen LogP contribution in [-0.2, 0) is 0 Å². The number of guanidine groups is 1. The number of aliphatic imine (C=N–C) groups is 1. The molecule has 1 atom stereocenters. The number of benzene rings is 2. The van der Waals surface area contributed by atoms with Crippen LogP contribution >= 0.6 is 0 Å². The molecule has 2 aromatic carbocycles. The number of anilines is 1. The molecule has 0 bridgehead atoms. The van der Waals surface area contributed by atoms with Gasteiger partial charge in [0.05, 0.1) is 11.0 Å². The van der Waals surface area contributed by atoms with Crippen molar-refractivity contribution in [2.75, 3.05) is 5.32 Å². The van der Waals surface area contributed by atoms with Gasteiger partial charge < -0.3 is 10.5 Å². The van der Waals surface area contributed by atoms with Crippen LogP contribution in [0.15, 0.2) is 53.5 Å². The number of hydrogen-bond acceptors (Lipinski definition) is 5. The van der Waals surface area contributed by atoms with E-state index in [2.05, 4.69) is 20.0 Å². The third-order valence-electron chi connectivity index (χ3n) is 3.76. The van der Waals surface area contributed by atoms with E-state index in [4.69, 9.17) is 5.73 Å². The summed E-state index contributed by atoms with van der Waals surface area (Å²) in [4.78, 5) is 8.68. The fourth-order valence-electron chi connectivity index (χ4n) is 2.84. The molecule has 0 spiro atoms. The number of nitrogens with one attached hydrogen (secondary N) is 1. The fraction of sp³-hybridized carbons (Fsp3) is 0.125. The predicted molar refractivity (Wildman–Crippen MR) is 86.2 cm³/mol. The van der Waals surface area contributed by atoms with Gasteiger partial charge in [-0.25, -0.2) is 9.98 Å². The van der Waals surface area contributed by atoms with Crippen molar-refractivity contribution in [1.29, 1.82) is 0 Å². The summed E-state index contributed by atoms with van der Waals surface area (Å²) >= 11 is 0. The van der Waals surface area contributed by atoms with Gasteiger partial charge in [-0.05, 0) is 18.2 Å². The van der Waals surface area contributed by atoms with Crippen molar-refractivity contribution in [3.63, 3.8) is 0 Å². The van der Waals surface area contributed by atoms with Gasteiger partial charge in [0.1, 0.15) is 5.75 Å². The average molecular weight is 347 g/mol. The van der Waals surface area contributed by atoms with E-state index >= 15 is 0 Å². The Morgan fingerprint density at radius 2 is 1.80 bits per heavy atom. The van der Waals surface area contributed by atoms with Gasteiger partial charge in [-0.3, -0.25) is 9.88 Å². The molecule has 6 nitrogen and oxygen atoms in total. The second-order valence-corrected chi connectivity index (χ2v) is 5.39. The Morgan fingerprint density at radius 1 is 1.08 bits per heavy atom. The van der Waals surface area contributed by atoms with Gasteiger partial charge in [-0.1, -0.05) is 30.3 Å². The number of imidazole rings is 1. The van der Waals surface area contributed by atoms with Crippen LogP contribution in [0.3, 0.4) is 0 Å². The van der Waals surface area contributed by atoms with Crippen LogP contribution in [0.25, 0.3) is 11.0 Å². The zero-order valence-corrected chi connectivity index (χ0v) is 12.7. The van der Waals surface area contributed by atoms with E-state index in [-0.39, 0.29) is 17.3 Å². The van der Waals surface area contributed by atoms with Crippen LogP contribution in [0.1, 0.15) is 11.7 Å². The van der Waals surface area contributed by atoms with Crippen LogP contribution in [0, 0.1) is 0 Å². The summed E-state index contributed by atoms with van der Waals surface area (Å²) in [5.74, 6) is 0.136. The summed E-state index contributed by atoms with van der Waals surface area (Å²) in [6, 6.07) is 13.1. The normalized spacial score (nSPS) is 16.9. The number of para-hydroxylation sites is 3. The van der Waals surface area contributed by atoms with Crippen molar-refractivity contribution in [1.82, 2.24) is 9.55 Å². The van der Waals surface area contributed by atoms with E-state index in [9.17, 15) is 13.2 Å². The first-order chi connectivity index (χ1) is 11.9. The lowest BCUT2D eigenvalue weighted by molar-refractivity contribution is -0.275. The molecule has 1 aromatic heterocycles. The van der Waals surface area contributed by atoms with E-state index in [1.165, 1.54) is 18.2 Å². The number of halogens is 3. The van der Waals surface area contributed by atoms with Gasteiger partial charge in [0.25, 0.3) is 0 Å². The zero-order chi connectivity index (χ0) is 17.6. The van der Waals surface area contributed by atoms with Crippen molar-refractivity contribution >= 4 is 22.9 Å². The standard InChI is InChI=1S/C16H12F3N5O/c17-16(18,19)25-12-8-4-1-5-9(12)13-22-14(20)23-15-21-10-6-2-3-7-11(10)24(13)15/h1-8,13H,(H3,20,21,22,23)/t13-/m0/s1. The molecule has 0 fully saturated rings. The van der Waals surface area contributed by atoms with Crippen LogP contribution in [0.2, 0.25) is 0 Å². The molecule has 0 unspecified atom stereocenters. The highest BCUT2D eigenvalue weighted by atomic mass is 19.4. The first-order valence-corrected chi connectivity index (χ1v) is 7.34. The third kappa shape index (κ3) is 2.73. The molecular formula is C16H12F3N5O. The number of aromatic nitrogens is 2. The molecule has 0 saturated carbocycles. The summed E-state index contributed by atoms with van der Waals surface area (Å²) in [6.07, 6.45) is -5.64. The summed E-state index contributed by atoms with van der Waals surface area (Å²) < 4.78 is 44.1. The smallest absolute Gasteiger partial charge is 0.405 e. The second-order valence-electron chi connectivity index (χ2n) is 5.39. The zero-order valence-electron chi connectivity index (χ0n) is 12.7. The average Bonchev–Trinajstić information content (AvgIpc) is 2.91. The third-order valence-corrected chi connectivity index (χ3v) is 3.76. The van der Waals surface area contributed by atoms with Crippen LogP contribution in [-0.4, -0.2) is 21.9 Å². The minimum Gasteiger partial charge on any atom is -0.405 e. The maximum absolute atomic E-state index is 12.7. The highest BCUT2D eigenvalue weighted by Crippen LogP contribution is 2.37. The topological polar surface area (TPSA) is 77.5 Å². The Morgan fingerprint density at radius 3 is 2.60 bits per heavy atom. The van der Waals surface area contributed by atoms with E-state index in [0.29, 0.717) is 17.0 Å². The Hall–Kier alpha value is -3.23. The number of fused-ring (bicyclic) bond motifs is 3. The Balaban J connectivity index is 1.91. The number of ether oxygens (including phenoxy) is 1. The van der Waals surface area contributed by atoms with Gasteiger partial charge in [0.2, 0.25) is 5.95 Å². The fourth-order valence-corrected chi connectivity index (χ4v) is 2.84. The minimum absolute atomic E-state index is 0.0645. The van der Waals surface area contributed by atoms with Crippen LogP contribution in [0.5, 0.6) is 5.75 Å². The summed E-state index contributed by atoms with van der Waals surface area (Å²) in [6.45, 7) is 0. The molecule has 1 aliphatic rings. The molecule has 0 radical (unpaired) electrons. The van der Waals surface area contributed by atoms with Crippen molar-refractivity contribution in [2.45, 2.75) is 12.5 Å².